The maximum Gasteiger partial charge on any atom is 0.243 e. The highest BCUT2D eigenvalue weighted by molar-refractivity contribution is 9.11. The van der Waals surface area contributed by atoms with E-state index in [9.17, 15) is 8.42 Å². The molecule has 2 rings (SSSR count). The molecule has 1 aliphatic carbocycles. The van der Waals surface area contributed by atoms with Gasteiger partial charge in [-0.1, -0.05) is 6.92 Å². The summed E-state index contributed by atoms with van der Waals surface area (Å²) in [6.07, 6.45) is 1.78. The first kappa shape index (κ1) is 14.3. The zero-order valence-electron chi connectivity index (χ0n) is 9.78. The Balaban J connectivity index is 2.30. The standard InChI is InChI=1S/C11H14Br2N2O2S/c1-6-2-8(3-6)15-18(16,17)11-9(12)4-7(14)5-10(11)13/h4-6,8,15H,2-3,14H2,1H3. The van der Waals surface area contributed by atoms with E-state index < -0.39 is 10.0 Å². The summed E-state index contributed by atoms with van der Waals surface area (Å²) < 4.78 is 28.2. The van der Waals surface area contributed by atoms with Crippen LogP contribution in [0.1, 0.15) is 19.8 Å². The van der Waals surface area contributed by atoms with E-state index in [4.69, 9.17) is 5.73 Å². The summed E-state index contributed by atoms with van der Waals surface area (Å²) in [5, 5.41) is 0. The van der Waals surface area contributed by atoms with E-state index in [-0.39, 0.29) is 10.9 Å². The van der Waals surface area contributed by atoms with Gasteiger partial charge < -0.3 is 5.73 Å². The maximum absolute atomic E-state index is 12.3. The molecule has 18 heavy (non-hydrogen) atoms. The van der Waals surface area contributed by atoms with Crippen molar-refractivity contribution in [2.24, 2.45) is 5.92 Å². The van der Waals surface area contributed by atoms with Gasteiger partial charge in [-0.25, -0.2) is 13.1 Å². The molecule has 100 valence electrons. The van der Waals surface area contributed by atoms with Gasteiger partial charge >= 0.3 is 0 Å². The molecule has 4 nitrogen and oxygen atoms in total. The summed E-state index contributed by atoms with van der Waals surface area (Å²) in [6, 6.07) is 3.21. The van der Waals surface area contributed by atoms with Crippen LogP contribution < -0.4 is 10.5 Å². The van der Waals surface area contributed by atoms with Gasteiger partial charge in [-0.2, -0.15) is 0 Å². The van der Waals surface area contributed by atoms with Gasteiger partial charge in [-0.05, 0) is 62.8 Å². The second-order valence-corrected chi connectivity index (χ2v) is 8.07. The number of sulfonamides is 1. The Morgan fingerprint density at radius 1 is 1.28 bits per heavy atom. The van der Waals surface area contributed by atoms with Crippen molar-refractivity contribution in [3.8, 4) is 0 Å². The van der Waals surface area contributed by atoms with Crippen LogP contribution in [0.25, 0.3) is 0 Å². The van der Waals surface area contributed by atoms with Crippen LogP contribution in [-0.4, -0.2) is 14.5 Å². The quantitative estimate of drug-likeness (QED) is 0.770. The van der Waals surface area contributed by atoms with Crippen molar-refractivity contribution in [3.63, 3.8) is 0 Å². The average Bonchev–Trinajstić information content (AvgIpc) is 2.11. The van der Waals surface area contributed by atoms with Gasteiger partial charge in [0.05, 0.1) is 0 Å². The van der Waals surface area contributed by atoms with E-state index in [1.165, 1.54) is 0 Å². The second kappa shape index (κ2) is 5.11. The SMILES string of the molecule is CC1CC(NS(=O)(=O)c2c(Br)cc(N)cc2Br)C1. The Morgan fingerprint density at radius 3 is 2.22 bits per heavy atom. The Labute approximate surface area is 124 Å². The van der Waals surface area contributed by atoms with E-state index in [0.717, 1.165) is 12.8 Å². The zero-order valence-corrected chi connectivity index (χ0v) is 13.8. The first-order valence-electron chi connectivity index (χ1n) is 5.56. The van der Waals surface area contributed by atoms with Crippen molar-refractivity contribution in [1.29, 1.82) is 0 Å². The highest BCUT2D eigenvalue weighted by Gasteiger charge is 2.31. The van der Waals surface area contributed by atoms with Crippen LogP contribution in [-0.2, 0) is 10.0 Å². The van der Waals surface area contributed by atoms with Crippen LogP contribution >= 0.6 is 31.9 Å². The van der Waals surface area contributed by atoms with Crippen LogP contribution in [0.15, 0.2) is 26.0 Å². The summed E-state index contributed by atoms with van der Waals surface area (Å²) in [4.78, 5) is 0.205. The van der Waals surface area contributed by atoms with Gasteiger partial charge in [0.2, 0.25) is 10.0 Å². The summed E-state index contributed by atoms with van der Waals surface area (Å²) in [5.41, 5.74) is 6.16. The van der Waals surface area contributed by atoms with Crippen LogP contribution in [0.4, 0.5) is 5.69 Å². The van der Waals surface area contributed by atoms with Crippen molar-refractivity contribution >= 4 is 47.6 Å². The number of nitrogen functional groups attached to an aromatic ring is 1. The third-order valence-electron chi connectivity index (χ3n) is 2.98. The molecular weight excluding hydrogens is 384 g/mol. The molecule has 1 fully saturated rings. The Bertz CT molecular complexity index is 545. The molecule has 0 radical (unpaired) electrons. The molecule has 1 saturated carbocycles. The number of rotatable bonds is 3. The van der Waals surface area contributed by atoms with Crippen LogP contribution in [0, 0.1) is 5.92 Å². The monoisotopic (exact) mass is 396 g/mol. The highest BCUT2D eigenvalue weighted by atomic mass is 79.9. The summed E-state index contributed by atoms with van der Waals surface area (Å²) in [7, 11) is -3.52. The van der Waals surface area contributed by atoms with Crippen LogP contribution in [0.5, 0.6) is 0 Å². The maximum atomic E-state index is 12.3. The predicted octanol–water partition coefficient (Wildman–Crippen LogP) is 2.87. The van der Waals surface area contributed by atoms with E-state index in [1.807, 2.05) is 0 Å². The lowest BCUT2D eigenvalue weighted by Crippen LogP contribution is -2.43. The Kier molecular flexibility index (Phi) is 4.06. The predicted molar refractivity (Wildman–Crippen MR) is 78.8 cm³/mol. The number of benzene rings is 1. The zero-order chi connectivity index (χ0) is 13.5. The minimum absolute atomic E-state index is 0.0429. The Morgan fingerprint density at radius 2 is 1.78 bits per heavy atom. The summed E-state index contributed by atoms with van der Waals surface area (Å²) in [6.45, 7) is 2.11. The normalized spacial score (nSPS) is 23.7. The molecule has 0 saturated heterocycles. The van der Waals surface area contributed by atoms with Crippen molar-refractivity contribution in [1.82, 2.24) is 4.72 Å². The minimum Gasteiger partial charge on any atom is -0.399 e. The highest BCUT2D eigenvalue weighted by Crippen LogP contribution is 2.34. The number of nitrogens with one attached hydrogen (secondary N) is 1. The largest absolute Gasteiger partial charge is 0.399 e. The van der Waals surface area contributed by atoms with Crippen LogP contribution in [0.2, 0.25) is 0 Å². The average molecular weight is 398 g/mol. The van der Waals surface area contributed by atoms with Crippen LogP contribution in [0.3, 0.4) is 0 Å². The molecule has 0 bridgehead atoms. The number of anilines is 1. The van der Waals surface area contributed by atoms with Gasteiger partial charge in [-0.3, -0.25) is 0 Å². The third-order valence-corrected chi connectivity index (χ3v) is 6.38. The van der Waals surface area contributed by atoms with Crippen molar-refractivity contribution in [2.45, 2.75) is 30.7 Å². The lowest BCUT2D eigenvalue weighted by atomic mass is 9.83. The summed E-state index contributed by atoms with van der Waals surface area (Å²) in [5.74, 6) is 0.594. The van der Waals surface area contributed by atoms with Gasteiger partial charge in [0, 0.05) is 20.7 Å². The first-order chi connectivity index (χ1) is 8.29. The molecule has 0 amide bonds. The first-order valence-corrected chi connectivity index (χ1v) is 8.63. The molecule has 0 unspecified atom stereocenters. The fraction of sp³-hybridized carbons (Fsp3) is 0.455. The molecule has 1 aromatic carbocycles. The van der Waals surface area contributed by atoms with Crippen molar-refractivity contribution in [2.75, 3.05) is 5.73 Å². The Hall–Kier alpha value is -0.110. The minimum atomic E-state index is -3.52. The molecule has 0 heterocycles. The molecule has 0 aromatic heterocycles. The molecule has 0 atom stereocenters. The number of nitrogens with two attached hydrogens (primary N) is 1. The number of halogens is 2. The number of hydrogen-bond donors (Lipinski definition) is 2. The van der Waals surface area contributed by atoms with E-state index in [0.29, 0.717) is 20.6 Å². The van der Waals surface area contributed by atoms with Gasteiger partial charge in [0.1, 0.15) is 4.90 Å². The molecular formula is C11H14Br2N2O2S. The topological polar surface area (TPSA) is 72.2 Å². The molecule has 0 spiro atoms. The van der Waals surface area contributed by atoms with E-state index in [1.54, 1.807) is 12.1 Å². The molecule has 1 aromatic rings. The fourth-order valence-electron chi connectivity index (χ4n) is 2.11. The smallest absolute Gasteiger partial charge is 0.243 e. The third kappa shape index (κ3) is 2.89. The lowest BCUT2D eigenvalue weighted by Gasteiger charge is -2.33. The van der Waals surface area contributed by atoms with E-state index in [2.05, 4.69) is 43.5 Å². The molecule has 1 aliphatic rings. The van der Waals surface area contributed by atoms with Crippen molar-refractivity contribution < 1.29 is 8.42 Å². The van der Waals surface area contributed by atoms with Crippen molar-refractivity contribution in [3.05, 3.63) is 21.1 Å². The fourth-order valence-corrected chi connectivity index (χ4v) is 5.99. The van der Waals surface area contributed by atoms with Gasteiger partial charge in [0.15, 0.2) is 0 Å². The second-order valence-electron chi connectivity index (χ2n) is 4.71. The summed E-state index contributed by atoms with van der Waals surface area (Å²) >= 11 is 6.49. The molecule has 3 N–H and O–H groups in total. The molecule has 0 aliphatic heterocycles. The molecule has 7 heteroatoms. The number of hydrogen-bond acceptors (Lipinski definition) is 3. The van der Waals surface area contributed by atoms with Gasteiger partial charge in [0.25, 0.3) is 0 Å². The van der Waals surface area contributed by atoms with Gasteiger partial charge in [-0.15, -0.1) is 0 Å². The lowest BCUT2D eigenvalue weighted by molar-refractivity contribution is 0.270. The van der Waals surface area contributed by atoms with E-state index >= 15 is 0 Å².